The van der Waals surface area contributed by atoms with E-state index in [1.54, 1.807) is 43.5 Å². The monoisotopic (exact) mass is 387 g/mol. The molecule has 2 amide bonds. The van der Waals surface area contributed by atoms with E-state index >= 15 is 0 Å². The SMILES string of the molecule is COc1ccc(N=C2S[C@@H](C(N)=O)CC(=O)N2Cc2ccc(F)cc2)cc1. The van der Waals surface area contributed by atoms with Crippen molar-refractivity contribution in [3.05, 3.63) is 59.9 Å². The van der Waals surface area contributed by atoms with Gasteiger partial charge in [0, 0.05) is 6.42 Å². The lowest BCUT2D eigenvalue weighted by Gasteiger charge is -2.31. The summed E-state index contributed by atoms with van der Waals surface area (Å²) in [6, 6.07) is 12.9. The maximum Gasteiger partial charge on any atom is 0.231 e. The molecule has 2 aromatic carbocycles. The number of nitrogens with zero attached hydrogens (tertiary/aromatic N) is 2. The Labute approximate surface area is 160 Å². The molecule has 27 heavy (non-hydrogen) atoms. The predicted molar refractivity (Wildman–Crippen MR) is 102 cm³/mol. The molecule has 2 aromatic rings. The Hall–Kier alpha value is -2.87. The van der Waals surface area contributed by atoms with E-state index in [1.807, 2.05) is 0 Å². The average molecular weight is 387 g/mol. The van der Waals surface area contributed by atoms with Crippen molar-refractivity contribution in [1.82, 2.24) is 4.90 Å². The van der Waals surface area contributed by atoms with E-state index in [0.29, 0.717) is 16.6 Å². The van der Waals surface area contributed by atoms with E-state index in [4.69, 9.17) is 10.5 Å². The van der Waals surface area contributed by atoms with Crippen molar-refractivity contribution in [1.29, 1.82) is 0 Å². The molecule has 1 fully saturated rings. The van der Waals surface area contributed by atoms with Crippen LogP contribution in [0.3, 0.4) is 0 Å². The second-order valence-electron chi connectivity index (χ2n) is 5.91. The van der Waals surface area contributed by atoms with Gasteiger partial charge in [-0.3, -0.25) is 14.5 Å². The summed E-state index contributed by atoms with van der Waals surface area (Å²) in [7, 11) is 1.57. The van der Waals surface area contributed by atoms with Crippen molar-refractivity contribution >= 4 is 34.4 Å². The number of hydrogen-bond acceptors (Lipinski definition) is 5. The van der Waals surface area contributed by atoms with Gasteiger partial charge in [0.1, 0.15) is 11.6 Å². The Morgan fingerprint density at radius 1 is 1.26 bits per heavy atom. The van der Waals surface area contributed by atoms with Crippen molar-refractivity contribution in [2.45, 2.75) is 18.2 Å². The second-order valence-corrected chi connectivity index (χ2v) is 7.08. The van der Waals surface area contributed by atoms with Crippen LogP contribution < -0.4 is 10.5 Å². The van der Waals surface area contributed by atoms with Crippen LogP contribution in [0.1, 0.15) is 12.0 Å². The van der Waals surface area contributed by atoms with Gasteiger partial charge in [-0.25, -0.2) is 9.38 Å². The van der Waals surface area contributed by atoms with Crippen molar-refractivity contribution in [3.63, 3.8) is 0 Å². The van der Waals surface area contributed by atoms with Crippen LogP contribution in [0.2, 0.25) is 0 Å². The Bertz CT molecular complexity index is 869. The van der Waals surface area contributed by atoms with Crippen LogP contribution in [-0.4, -0.2) is 34.2 Å². The Morgan fingerprint density at radius 3 is 2.52 bits per heavy atom. The van der Waals surface area contributed by atoms with Crippen LogP contribution in [0.25, 0.3) is 0 Å². The van der Waals surface area contributed by atoms with E-state index < -0.39 is 11.2 Å². The zero-order valence-electron chi connectivity index (χ0n) is 14.6. The summed E-state index contributed by atoms with van der Waals surface area (Å²) in [5.74, 6) is -0.477. The average Bonchev–Trinajstić information content (AvgIpc) is 2.66. The van der Waals surface area contributed by atoms with Crippen molar-refractivity contribution in [2.24, 2.45) is 10.7 Å². The molecular formula is C19H18FN3O3S. The highest BCUT2D eigenvalue weighted by Gasteiger charge is 2.34. The minimum absolute atomic E-state index is 0.00280. The standard InChI is InChI=1S/C19H18FN3O3S/c1-26-15-8-6-14(7-9-15)22-19-23(11-12-2-4-13(20)5-3-12)17(24)10-16(27-19)18(21)25/h2-9,16H,10-11H2,1H3,(H2,21,25)/t16-/m1/s1. The number of nitrogens with two attached hydrogens (primary N) is 1. The summed E-state index contributed by atoms with van der Waals surface area (Å²) in [5, 5.41) is -0.288. The zero-order valence-corrected chi connectivity index (χ0v) is 15.4. The largest absolute Gasteiger partial charge is 0.497 e. The van der Waals surface area contributed by atoms with Crippen LogP contribution in [0.15, 0.2) is 53.5 Å². The third-order valence-corrected chi connectivity index (χ3v) is 5.21. The number of amidine groups is 1. The fourth-order valence-electron chi connectivity index (χ4n) is 2.55. The summed E-state index contributed by atoms with van der Waals surface area (Å²) < 4.78 is 18.3. The van der Waals surface area contributed by atoms with Gasteiger partial charge in [0.25, 0.3) is 0 Å². The van der Waals surface area contributed by atoms with Crippen LogP contribution in [0, 0.1) is 5.82 Å². The van der Waals surface area contributed by atoms with Gasteiger partial charge in [-0.05, 0) is 42.0 Å². The molecule has 0 aromatic heterocycles. The number of primary amides is 1. The Morgan fingerprint density at radius 2 is 1.93 bits per heavy atom. The molecule has 2 N–H and O–H groups in total. The third kappa shape index (κ3) is 4.65. The number of hydrogen-bond donors (Lipinski definition) is 1. The van der Waals surface area contributed by atoms with Gasteiger partial charge in [-0.15, -0.1) is 0 Å². The van der Waals surface area contributed by atoms with Gasteiger partial charge in [0.15, 0.2) is 5.17 Å². The summed E-state index contributed by atoms with van der Waals surface area (Å²) in [6.07, 6.45) is 0.00280. The van der Waals surface area contributed by atoms with Crippen LogP contribution in [0.4, 0.5) is 10.1 Å². The van der Waals surface area contributed by atoms with Crippen LogP contribution in [0.5, 0.6) is 5.75 Å². The highest BCUT2D eigenvalue weighted by molar-refractivity contribution is 8.15. The molecule has 0 radical (unpaired) electrons. The van der Waals surface area contributed by atoms with Crippen molar-refractivity contribution in [3.8, 4) is 5.75 Å². The summed E-state index contributed by atoms with van der Waals surface area (Å²) in [4.78, 5) is 30.2. The molecule has 1 aliphatic heterocycles. The highest BCUT2D eigenvalue weighted by Crippen LogP contribution is 2.30. The first kappa shape index (κ1) is 18.9. The number of amides is 2. The summed E-state index contributed by atoms with van der Waals surface area (Å²) in [6.45, 7) is 0.229. The molecule has 0 unspecified atom stereocenters. The normalized spacial score (nSPS) is 18.6. The molecule has 140 valence electrons. The number of halogens is 1. The number of carbonyl (C=O) groups is 2. The molecule has 0 saturated carbocycles. The van der Waals surface area contributed by atoms with Gasteiger partial charge < -0.3 is 10.5 Å². The molecule has 1 atom stereocenters. The van der Waals surface area contributed by atoms with Crippen LogP contribution in [-0.2, 0) is 16.1 Å². The van der Waals surface area contributed by atoms with E-state index in [2.05, 4.69) is 4.99 Å². The maximum absolute atomic E-state index is 13.1. The molecule has 8 heteroatoms. The Kier molecular flexibility index (Phi) is 5.75. The minimum Gasteiger partial charge on any atom is -0.497 e. The number of aliphatic imine (C=N–C) groups is 1. The van der Waals surface area contributed by atoms with E-state index in [1.165, 1.54) is 17.0 Å². The number of methoxy groups -OCH3 is 1. The predicted octanol–water partition coefficient (Wildman–Crippen LogP) is 2.84. The van der Waals surface area contributed by atoms with Gasteiger partial charge in [-0.2, -0.15) is 0 Å². The fourth-order valence-corrected chi connectivity index (χ4v) is 3.60. The number of benzene rings is 2. The number of rotatable bonds is 5. The summed E-state index contributed by atoms with van der Waals surface area (Å²) >= 11 is 1.15. The molecule has 1 heterocycles. The number of thioether (sulfide) groups is 1. The first-order chi connectivity index (χ1) is 13.0. The smallest absolute Gasteiger partial charge is 0.231 e. The lowest BCUT2D eigenvalue weighted by Crippen LogP contribution is -2.45. The molecule has 1 aliphatic rings. The van der Waals surface area contributed by atoms with Gasteiger partial charge in [0.2, 0.25) is 11.8 Å². The Balaban J connectivity index is 1.91. The fraction of sp³-hybridized carbons (Fsp3) is 0.211. The molecule has 3 rings (SSSR count). The van der Waals surface area contributed by atoms with E-state index in [9.17, 15) is 14.0 Å². The van der Waals surface area contributed by atoms with Crippen molar-refractivity contribution < 1.29 is 18.7 Å². The molecule has 0 aliphatic carbocycles. The van der Waals surface area contributed by atoms with Gasteiger partial charge in [0.05, 0.1) is 24.6 Å². The number of ether oxygens (including phenoxy) is 1. The first-order valence-corrected chi connectivity index (χ1v) is 9.08. The van der Waals surface area contributed by atoms with Crippen molar-refractivity contribution in [2.75, 3.05) is 7.11 Å². The zero-order chi connectivity index (χ0) is 19.4. The molecule has 0 bridgehead atoms. The summed E-state index contributed by atoms with van der Waals surface area (Å²) in [5.41, 5.74) is 6.76. The van der Waals surface area contributed by atoms with Gasteiger partial charge in [-0.1, -0.05) is 23.9 Å². The quantitative estimate of drug-likeness (QED) is 0.855. The third-order valence-electron chi connectivity index (χ3n) is 4.01. The highest BCUT2D eigenvalue weighted by atomic mass is 32.2. The number of carbonyl (C=O) groups excluding carboxylic acids is 2. The van der Waals surface area contributed by atoms with E-state index in [-0.39, 0.29) is 24.7 Å². The molecule has 6 nitrogen and oxygen atoms in total. The maximum atomic E-state index is 13.1. The van der Waals surface area contributed by atoms with E-state index in [0.717, 1.165) is 17.3 Å². The topological polar surface area (TPSA) is 85.0 Å². The second kappa shape index (κ2) is 8.22. The minimum atomic E-state index is -0.668. The first-order valence-electron chi connectivity index (χ1n) is 8.20. The lowest BCUT2D eigenvalue weighted by atomic mass is 10.2. The molecule has 1 saturated heterocycles. The molecular weight excluding hydrogens is 369 g/mol. The lowest BCUT2D eigenvalue weighted by molar-refractivity contribution is -0.130. The molecule has 0 spiro atoms. The van der Waals surface area contributed by atoms with Crippen LogP contribution >= 0.6 is 11.8 Å². The van der Waals surface area contributed by atoms with Gasteiger partial charge >= 0.3 is 0 Å².